The molecule has 1 atom stereocenters. The summed E-state index contributed by atoms with van der Waals surface area (Å²) in [7, 11) is 0. The van der Waals surface area contributed by atoms with Crippen LogP contribution in [-0.4, -0.2) is 4.57 Å². The average Bonchev–Trinajstić information content (AvgIpc) is 2.50. The molecule has 0 bridgehead atoms. The van der Waals surface area contributed by atoms with E-state index in [9.17, 15) is 9.18 Å². The van der Waals surface area contributed by atoms with Crippen molar-refractivity contribution in [1.29, 1.82) is 0 Å². The standard InChI is InChI=1S/C17H14ClFN2O/c1-10(20)16-15(19)12-8-5-9-13(18)14(12)17(22)21(16)11-6-3-2-4-7-11/h2-10H,20H2,1H3/t10-/m0/s1. The maximum atomic E-state index is 14.9. The van der Waals surface area contributed by atoms with Gasteiger partial charge >= 0.3 is 0 Å². The number of fused-ring (bicyclic) bond motifs is 1. The van der Waals surface area contributed by atoms with Crippen LogP contribution in [0.15, 0.2) is 53.3 Å². The summed E-state index contributed by atoms with van der Waals surface area (Å²) >= 11 is 6.11. The fraction of sp³-hybridized carbons (Fsp3) is 0.118. The average molecular weight is 317 g/mol. The topological polar surface area (TPSA) is 48.0 Å². The molecular formula is C17H14ClFN2O. The van der Waals surface area contributed by atoms with Crippen LogP contribution in [-0.2, 0) is 0 Å². The molecule has 0 unspecified atom stereocenters. The number of halogens is 2. The maximum absolute atomic E-state index is 14.9. The summed E-state index contributed by atoms with van der Waals surface area (Å²) < 4.78 is 16.2. The van der Waals surface area contributed by atoms with Gasteiger partial charge in [0.25, 0.3) is 5.56 Å². The van der Waals surface area contributed by atoms with Crippen LogP contribution in [0.2, 0.25) is 5.02 Å². The van der Waals surface area contributed by atoms with Gasteiger partial charge in [0.15, 0.2) is 5.82 Å². The Balaban J connectivity index is 2.55. The summed E-state index contributed by atoms with van der Waals surface area (Å²) in [5.41, 5.74) is 6.24. The number of rotatable bonds is 2. The molecule has 0 aliphatic rings. The van der Waals surface area contributed by atoms with Crippen molar-refractivity contribution < 1.29 is 4.39 Å². The van der Waals surface area contributed by atoms with Gasteiger partial charge < -0.3 is 5.73 Å². The highest BCUT2D eigenvalue weighted by Crippen LogP contribution is 2.28. The van der Waals surface area contributed by atoms with Crippen molar-refractivity contribution in [2.75, 3.05) is 0 Å². The molecule has 3 nitrogen and oxygen atoms in total. The lowest BCUT2D eigenvalue weighted by molar-refractivity contribution is 0.574. The molecule has 3 rings (SSSR count). The quantitative estimate of drug-likeness (QED) is 0.781. The van der Waals surface area contributed by atoms with E-state index in [0.29, 0.717) is 5.69 Å². The Labute approximate surface area is 131 Å². The van der Waals surface area contributed by atoms with Crippen LogP contribution in [0.25, 0.3) is 16.5 Å². The number of benzene rings is 2. The molecule has 5 heteroatoms. The first-order valence-electron chi connectivity index (χ1n) is 6.86. The van der Waals surface area contributed by atoms with Gasteiger partial charge in [-0.05, 0) is 25.1 Å². The molecule has 112 valence electrons. The first kappa shape index (κ1) is 14.8. The Bertz CT molecular complexity index is 904. The molecule has 0 aliphatic carbocycles. The first-order valence-corrected chi connectivity index (χ1v) is 7.23. The van der Waals surface area contributed by atoms with Crippen molar-refractivity contribution in [3.8, 4) is 5.69 Å². The second-order valence-corrected chi connectivity index (χ2v) is 5.53. The number of nitrogens with zero attached hydrogens (tertiary/aromatic N) is 1. The van der Waals surface area contributed by atoms with Crippen LogP contribution >= 0.6 is 11.6 Å². The zero-order valence-electron chi connectivity index (χ0n) is 11.9. The van der Waals surface area contributed by atoms with Crippen LogP contribution in [0.3, 0.4) is 0 Å². The Hall–Kier alpha value is -2.17. The Kier molecular flexibility index (Phi) is 3.72. The molecule has 3 aromatic rings. The van der Waals surface area contributed by atoms with E-state index in [2.05, 4.69) is 0 Å². The minimum absolute atomic E-state index is 0.144. The van der Waals surface area contributed by atoms with Gasteiger partial charge in [0, 0.05) is 17.1 Å². The molecule has 2 aromatic carbocycles. The van der Waals surface area contributed by atoms with Gasteiger partial charge in [0.05, 0.1) is 16.1 Å². The second-order valence-electron chi connectivity index (χ2n) is 5.13. The molecule has 0 saturated heterocycles. The van der Waals surface area contributed by atoms with E-state index in [-0.39, 0.29) is 27.0 Å². The Morgan fingerprint density at radius 3 is 2.45 bits per heavy atom. The summed E-state index contributed by atoms with van der Waals surface area (Å²) in [4.78, 5) is 12.9. The van der Waals surface area contributed by atoms with E-state index in [4.69, 9.17) is 17.3 Å². The number of hydrogen-bond acceptors (Lipinski definition) is 2. The van der Waals surface area contributed by atoms with Gasteiger partial charge in [0.2, 0.25) is 0 Å². The zero-order chi connectivity index (χ0) is 15.9. The van der Waals surface area contributed by atoms with Crippen molar-refractivity contribution in [3.05, 3.63) is 75.4 Å². The number of para-hydroxylation sites is 1. The molecule has 0 amide bonds. The minimum atomic E-state index is -0.642. The number of nitrogens with two attached hydrogens (primary N) is 1. The predicted octanol–water partition coefficient (Wildman–Crippen LogP) is 3.80. The molecule has 1 heterocycles. The lowest BCUT2D eigenvalue weighted by atomic mass is 10.1. The predicted molar refractivity (Wildman–Crippen MR) is 87.1 cm³/mol. The summed E-state index contributed by atoms with van der Waals surface area (Å²) in [6.07, 6.45) is 0. The maximum Gasteiger partial charge on any atom is 0.264 e. The van der Waals surface area contributed by atoms with Gasteiger partial charge in [-0.3, -0.25) is 9.36 Å². The van der Waals surface area contributed by atoms with Crippen LogP contribution in [0.5, 0.6) is 0 Å². The van der Waals surface area contributed by atoms with Crippen LogP contribution in [0.4, 0.5) is 4.39 Å². The van der Waals surface area contributed by atoms with Gasteiger partial charge in [-0.1, -0.05) is 41.9 Å². The first-order chi connectivity index (χ1) is 10.5. The van der Waals surface area contributed by atoms with Gasteiger partial charge in [-0.25, -0.2) is 4.39 Å². The van der Waals surface area contributed by atoms with Crippen LogP contribution < -0.4 is 11.3 Å². The van der Waals surface area contributed by atoms with Crippen LogP contribution in [0.1, 0.15) is 18.7 Å². The van der Waals surface area contributed by atoms with Crippen LogP contribution in [0, 0.1) is 5.82 Å². The summed E-state index contributed by atoms with van der Waals surface area (Å²) in [6, 6.07) is 12.9. The highest BCUT2D eigenvalue weighted by atomic mass is 35.5. The van der Waals surface area contributed by atoms with Gasteiger partial charge in [-0.15, -0.1) is 0 Å². The van der Waals surface area contributed by atoms with Gasteiger partial charge in [0.1, 0.15) is 0 Å². The van der Waals surface area contributed by atoms with Crippen molar-refractivity contribution in [1.82, 2.24) is 4.57 Å². The highest BCUT2D eigenvalue weighted by molar-refractivity contribution is 6.35. The van der Waals surface area contributed by atoms with E-state index < -0.39 is 11.9 Å². The van der Waals surface area contributed by atoms with Gasteiger partial charge in [-0.2, -0.15) is 0 Å². The largest absolute Gasteiger partial charge is 0.323 e. The van der Waals surface area contributed by atoms with Crippen molar-refractivity contribution in [2.45, 2.75) is 13.0 Å². The molecule has 2 N–H and O–H groups in total. The smallest absolute Gasteiger partial charge is 0.264 e. The van der Waals surface area contributed by atoms with E-state index in [1.54, 1.807) is 49.4 Å². The fourth-order valence-corrected chi connectivity index (χ4v) is 2.87. The second kappa shape index (κ2) is 5.55. The third-order valence-electron chi connectivity index (χ3n) is 3.58. The molecule has 1 aromatic heterocycles. The van der Waals surface area contributed by atoms with E-state index >= 15 is 0 Å². The third kappa shape index (κ3) is 2.21. The van der Waals surface area contributed by atoms with Crippen molar-refractivity contribution in [3.63, 3.8) is 0 Å². The molecular weight excluding hydrogens is 303 g/mol. The number of aromatic nitrogens is 1. The highest BCUT2D eigenvalue weighted by Gasteiger charge is 2.21. The van der Waals surface area contributed by atoms with E-state index in [1.165, 1.54) is 4.57 Å². The lowest BCUT2D eigenvalue weighted by Gasteiger charge is -2.18. The number of hydrogen-bond donors (Lipinski definition) is 1. The number of pyridine rings is 1. The normalized spacial score (nSPS) is 12.5. The molecule has 22 heavy (non-hydrogen) atoms. The molecule has 0 fully saturated rings. The zero-order valence-corrected chi connectivity index (χ0v) is 12.6. The SMILES string of the molecule is C[C@H](N)c1c(F)c2cccc(Cl)c2c(=O)n1-c1ccccc1. The molecule has 0 spiro atoms. The third-order valence-corrected chi connectivity index (χ3v) is 3.89. The molecule has 0 radical (unpaired) electrons. The monoisotopic (exact) mass is 316 g/mol. The van der Waals surface area contributed by atoms with Crippen molar-refractivity contribution >= 4 is 22.4 Å². The summed E-state index contributed by atoms with van der Waals surface area (Å²) in [5.74, 6) is -0.518. The van der Waals surface area contributed by atoms with E-state index in [0.717, 1.165) is 0 Å². The Morgan fingerprint density at radius 1 is 1.14 bits per heavy atom. The lowest BCUT2D eigenvalue weighted by Crippen LogP contribution is -2.27. The summed E-state index contributed by atoms with van der Waals surface area (Å²) in [5, 5.41) is 0.578. The Morgan fingerprint density at radius 2 is 1.82 bits per heavy atom. The summed E-state index contributed by atoms with van der Waals surface area (Å²) in [6.45, 7) is 1.65. The van der Waals surface area contributed by atoms with E-state index in [1.807, 2.05) is 6.07 Å². The molecule has 0 aliphatic heterocycles. The minimum Gasteiger partial charge on any atom is -0.323 e. The van der Waals surface area contributed by atoms with Crippen molar-refractivity contribution in [2.24, 2.45) is 5.73 Å². The fourth-order valence-electron chi connectivity index (χ4n) is 2.62. The molecule has 0 saturated carbocycles.